The number of aliphatic hydroxyl groups excluding tert-OH is 2. The van der Waals surface area contributed by atoms with Gasteiger partial charge >= 0.3 is 7.82 Å². The average Bonchev–Trinajstić information content (AvgIpc) is 3.41. The lowest BCUT2D eigenvalue weighted by Crippen LogP contribution is -2.33. The van der Waals surface area contributed by atoms with Gasteiger partial charge in [-0.1, -0.05) is 0 Å². The lowest BCUT2D eigenvalue weighted by Gasteiger charge is -2.17. The number of hydrogen-bond acceptors (Lipinski definition) is 12. The number of nitrogens with one attached hydrogen (secondary N) is 1. The molecule has 1 aliphatic heterocycles. The van der Waals surface area contributed by atoms with E-state index in [1.54, 1.807) is 12.1 Å². The van der Waals surface area contributed by atoms with Gasteiger partial charge in [-0.05, 0) is 17.7 Å². The Morgan fingerprint density at radius 1 is 1.06 bits per heavy atom. The van der Waals surface area contributed by atoms with Crippen molar-refractivity contribution < 1.29 is 48.0 Å². The monoisotopic (exact) mass is 527 g/mol. The molecule has 3 heterocycles. The van der Waals surface area contributed by atoms with Gasteiger partial charge in [0.05, 0.1) is 34.3 Å². The van der Waals surface area contributed by atoms with Crippen LogP contribution in [0.2, 0.25) is 0 Å². The predicted molar refractivity (Wildman–Crippen MR) is 123 cm³/mol. The summed E-state index contributed by atoms with van der Waals surface area (Å²) in [7, 11) is -0.220. The summed E-state index contributed by atoms with van der Waals surface area (Å²) < 4.78 is 38.5. The number of aliphatic hydroxyl groups is 2. The number of fused-ring (bicyclic) bond motifs is 1. The van der Waals surface area contributed by atoms with Crippen molar-refractivity contribution in [2.75, 3.05) is 33.3 Å². The van der Waals surface area contributed by atoms with E-state index in [1.165, 1.54) is 38.6 Å². The van der Waals surface area contributed by atoms with Crippen LogP contribution in [-0.4, -0.2) is 85.8 Å². The summed E-state index contributed by atoms with van der Waals surface area (Å²) in [4.78, 5) is 30.6. The van der Waals surface area contributed by atoms with E-state index in [0.29, 0.717) is 40.8 Å². The molecule has 0 bridgehead atoms. The number of phosphoric ester groups is 1. The summed E-state index contributed by atoms with van der Waals surface area (Å²) in [6.45, 7) is -0.305. The van der Waals surface area contributed by atoms with E-state index in [9.17, 15) is 14.8 Å². The Hall–Kier alpha value is -3.04. The summed E-state index contributed by atoms with van der Waals surface area (Å²) >= 11 is 0. The third-order valence-corrected chi connectivity index (χ3v) is 6.05. The van der Waals surface area contributed by atoms with Crippen LogP contribution in [0, 0.1) is 0 Å². The second-order valence-electron chi connectivity index (χ2n) is 7.77. The van der Waals surface area contributed by atoms with Crippen LogP contribution in [0.1, 0.15) is 11.8 Å². The van der Waals surface area contributed by atoms with E-state index in [1.807, 2.05) is 0 Å². The molecule has 1 saturated heterocycles. The first kappa shape index (κ1) is 26.0. The molecule has 0 unspecified atom stereocenters. The number of nitrogens with zero attached hydrogens (tertiary/aromatic N) is 4. The van der Waals surface area contributed by atoms with Crippen molar-refractivity contribution in [2.45, 2.75) is 31.1 Å². The van der Waals surface area contributed by atoms with Crippen molar-refractivity contribution >= 4 is 24.8 Å². The summed E-state index contributed by atoms with van der Waals surface area (Å²) in [6, 6.07) is 3.57. The predicted octanol–water partition coefficient (Wildman–Crippen LogP) is 0.193. The number of anilines is 1. The maximum Gasteiger partial charge on any atom is 0.469 e. The van der Waals surface area contributed by atoms with E-state index in [4.69, 9.17) is 28.7 Å². The largest absolute Gasteiger partial charge is 0.493 e. The van der Waals surface area contributed by atoms with Gasteiger partial charge in [-0.3, -0.25) is 9.09 Å². The zero-order chi connectivity index (χ0) is 26.0. The molecule has 0 radical (unpaired) electrons. The Morgan fingerprint density at radius 2 is 1.75 bits per heavy atom. The van der Waals surface area contributed by atoms with Crippen molar-refractivity contribution in [3.05, 3.63) is 30.4 Å². The molecule has 2 aromatic heterocycles. The number of ether oxygens (including phenoxy) is 4. The van der Waals surface area contributed by atoms with Crippen molar-refractivity contribution in [2.24, 2.45) is 0 Å². The van der Waals surface area contributed by atoms with Crippen molar-refractivity contribution in [1.82, 2.24) is 19.5 Å². The fourth-order valence-corrected chi connectivity index (χ4v) is 4.20. The minimum absolute atomic E-state index is 0.296. The SMILES string of the molecule is COc1cc(CNc2ncnc3c2ncn3[C@@H]2O[C@H](COP(=O)(O)O)[C@@H](O)[C@H]2O)cc(OC)c1OC. The van der Waals surface area contributed by atoms with Gasteiger partial charge in [-0.2, -0.15) is 0 Å². The van der Waals surface area contributed by atoms with Crippen molar-refractivity contribution in [3.8, 4) is 17.2 Å². The topological polar surface area (TPSA) is 200 Å². The molecule has 1 aromatic carbocycles. The summed E-state index contributed by atoms with van der Waals surface area (Å²) in [5.41, 5.74) is 1.47. The quantitative estimate of drug-likeness (QED) is 0.224. The maximum atomic E-state index is 11.0. The molecule has 4 atom stereocenters. The maximum absolute atomic E-state index is 11.0. The Kier molecular flexibility index (Phi) is 7.61. The highest BCUT2D eigenvalue weighted by atomic mass is 31.2. The van der Waals surface area contributed by atoms with E-state index in [-0.39, 0.29) is 0 Å². The third kappa shape index (κ3) is 5.22. The highest BCUT2D eigenvalue weighted by molar-refractivity contribution is 7.46. The third-order valence-electron chi connectivity index (χ3n) is 5.56. The fourth-order valence-electron chi connectivity index (χ4n) is 3.86. The second kappa shape index (κ2) is 10.5. The molecule has 1 aliphatic rings. The van der Waals surface area contributed by atoms with Crippen LogP contribution in [-0.2, 0) is 20.4 Å². The molecule has 0 amide bonds. The van der Waals surface area contributed by atoms with Gasteiger partial charge in [0, 0.05) is 6.54 Å². The first-order valence-electron chi connectivity index (χ1n) is 10.6. The minimum Gasteiger partial charge on any atom is -0.493 e. The van der Waals surface area contributed by atoms with Crippen LogP contribution in [0.15, 0.2) is 24.8 Å². The second-order valence-corrected chi connectivity index (χ2v) is 9.01. The van der Waals surface area contributed by atoms with Gasteiger partial charge in [-0.25, -0.2) is 19.5 Å². The standard InChI is InChI=1S/C20H26N5O10P/c1-31-11-4-10(5-12(32-2)17(11)33-3)6-21-18-14-19(23-8-22-18)25(9-24-14)20-16(27)15(26)13(35-20)7-34-36(28,29)30/h4-5,8-9,13,15-16,20,26-27H,6-7H2,1-3H3,(H,21,22,23)(H2,28,29,30)/t13-,15-,16-,20-/m1/s1. The molecule has 5 N–H and O–H groups in total. The van der Waals surface area contributed by atoms with Gasteiger partial charge in [-0.15, -0.1) is 0 Å². The molecule has 196 valence electrons. The molecule has 15 nitrogen and oxygen atoms in total. The highest BCUT2D eigenvalue weighted by Crippen LogP contribution is 2.40. The Morgan fingerprint density at radius 3 is 2.36 bits per heavy atom. The van der Waals surface area contributed by atoms with Gasteiger partial charge < -0.3 is 44.3 Å². The van der Waals surface area contributed by atoms with Crippen LogP contribution in [0.3, 0.4) is 0 Å². The Bertz CT molecular complexity index is 1240. The lowest BCUT2D eigenvalue weighted by atomic mass is 10.1. The number of hydrogen-bond donors (Lipinski definition) is 5. The molecule has 16 heteroatoms. The fraction of sp³-hybridized carbons (Fsp3) is 0.450. The zero-order valence-electron chi connectivity index (χ0n) is 19.5. The van der Waals surface area contributed by atoms with Crippen LogP contribution in [0.25, 0.3) is 11.2 Å². The minimum atomic E-state index is -4.78. The molecule has 36 heavy (non-hydrogen) atoms. The van der Waals surface area contributed by atoms with E-state index in [0.717, 1.165) is 5.56 Å². The normalized spacial score (nSPS) is 22.1. The molecule has 4 rings (SSSR count). The van der Waals surface area contributed by atoms with Crippen LogP contribution in [0.5, 0.6) is 17.2 Å². The first-order chi connectivity index (χ1) is 17.2. The van der Waals surface area contributed by atoms with Crippen molar-refractivity contribution in [3.63, 3.8) is 0 Å². The van der Waals surface area contributed by atoms with Gasteiger partial charge in [0.1, 0.15) is 24.6 Å². The van der Waals surface area contributed by atoms with Gasteiger partial charge in [0.2, 0.25) is 5.75 Å². The number of aromatic nitrogens is 4. The van der Waals surface area contributed by atoms with Crippen LogP contribution in [0.4, 0.5) is 5.82 Å². The molecule has 3 aromatic rings. The molecule has 0 saturated carbocycles. The number of methoxy groups -OCH3 is 3. The first-order valence-corrected chi connectivity index (χ1v) is 12.1. The molecule has 0 spiro atoms. The van der Waals surface area contributed by atoms with Crippen LogP contribution < -0.4 is 19.5 Å². The van der Waals surface area contributed by atoms with Crippen molar-refractivity contribution in [1.29, 1.82) is 0 Å². The lowest BCUT2D eigenvalue weighted by molar-refractivity contribution is -0.0504. The summed E-state index contributed by atoms with van der Waals surface area (Å²) in [5.74, 6) is 1.85. The Labute approximate surface area is 204 Å². The number of phosphoric acid groups is 1. The number of benzene rings is 1. The van der Waals surface area contributed by atoms with Gasteiger partial charge in [0.25, 0.3) is 0 Å². The zero-order valence-corrected chi connectivity index (χ0v) is 20.4. The molecule has 0 aliphatic carbocycles. The number of imidazole rings is 1. The van der Waals surface area contributed by atoms with Crippen LogP contribution >= 0.6 is 7.82 Å². The summed E-state index contributed by atoms with van der Waals surface area (Å²) in [5, 5.41) is 23.9. The average molecular weight is 527 g/mol. The molecular weight excluding hydrogens is 501 g/mol. The summed E-state index contributed by atoms with van der Waals surface area (Å²) in [6.07, 6.45) is -2.55. The Balaban J connectivity index is 1.55. The van der Waals surface area contributed by atoms with Gasteiger partial charge in [0.15, 0.2) is 34.7 Å². The van der Waals surface area contributed by atoms with E-state index >= 15 is 0 Å². The molecule has 1 fully saturated rings. The highest BCUT2D eigenvalue weighted by Gasteiger charge is 2.45. The molecular formula is C20H26N5O10P. The number of rotatable bonds is 10. The van der Waals surface area contributed by atoms with E-state index < -0.39 is 39.0 Å². The van der Waals surface area contributed by atoms with E-state index in [2.05, 4.69) is 24.8 Å². The smallest absolute Gasteiger partial charge is 0.469 e.